The van der Waals surface area contributed by atoms with Crippen LogP contribution in [0.2, 0.25) is 0 Å². The predicted molar refractivity (Wildman–Crippen MR) is 66.2 cm³/mol. The molecular weight excluding hydrogens is 216 g/mol. The second-order valence-electron chi connectivity index (χ2n) is 3.60. The minimum atomic E-state index is 0.151. The fourth-order valence-corrected chi connectivity index (χ4v) is 1.52. The van der Waals surface area contributed by atoms with Crippen LogP contribution in [0.5, 0.6) is 11.5 Å². The Morgan fingerprint density at radius 3 is 2.88 bits per heavy atom. The number of anilines is 1. The Hall–Kier alpha value is -2.23. The molecule has 0 saturated heterocycles. The topological polar surface area (TPSA) is 54.4 Å². The van der Waals surface area contributed by atoms with Crippen LogP contribution in [-0.2, 0) is 6.54 Å². The zero-order valence-electron chi connectivity index (χ0n) is 9.55. The molecule has 0 aliphatic rings. The van der Waals surface area contributed by atoms with Gasteiger partial charge in [0.15, 0.2) is 11.5 Å². The van der Waals surface area contributed by atoms with E-state index in [0.717, 1.165) is 11.3 Å². The summed E-state index contributed by atoms with van der Waals surface area (Å²) >= 11 is 0. The van der Waals surface area contributed by atoms with Crippen LogP contribution in [0.1, 0.15) is 5.56 Å². The van der Waals surface area contributed by atoms with Crippen molar-refractivity contribution in [1.29, 1.82) is 0 Å². The second kappa shape index (κ2) is 5.21. The van der Waals surface area contributed by atoms with Crippen LogP contribution in [0.25, 0.3) is 0 Å². The normalized spacial score (nSPS) is 9.94. The van der Waals surface area contributed by atoms with Crippen LogP contribution in [0.3, 0.4) is 0 Å². The maximum Gasteiger partial charge on any atom is 0.160 e. The minimum Gasteiger partial charge on any atom is -0.504 e. The van der Waals surface area contributed by atoms with E-state index in [2.05, 4.69) is 10.3 Å². The summed E-state index contributed by atoms with van der Waals surface area (Å²) in [6.45, 7) is 0.628. The smallest absolute Gasteiger partial charge is 0.160 e. The molecule has 4 nitrogen and oxygen atoms in total. The van der Waals surface area contributed by atoms with Crippen molar-refractivity contribution in [3.8, 4) is 11.5 Å². The molecule has 88 valence electrons. The molecule has 2 rings (SSSR count). The van der Waals surface area contributed by atoms with Crippen molar-refractivity contribution in [1.82, 2.24) is 4.98 Å². The quantitative estimate of drug-likeness (QED) is 0.846. The number of rotatable bonds is 4. The third kappa shape index (κ3) is 2.87. The van der Waals surface area contributed by atoms with Crippen molar-refractivity contribution in [3.05, 3.63) is 48.3 Å². The molecule has 0 unspecified atom stereocenters. The van der Waals surface area contributed by atoms with Crippen molar-refractivity contribution in [3.63, 3.8) is 0 Å². The van der Waals surface area contributed by atoms with Crippen molar-refractivity contribution < 1.29 is 9.84 Å². The third-order valence-electron chi connectivity index (χ3n) is 2.40. The molecule has 0 spiro atoms. The van der Waals surface area contributed by atoms with Gasteiger partial charge in [-0.25, -0.2) is 0 Å². The van der Waals surface area contributed by atoms with E-state index in [1.165, 1.54) is 7.11 Å². The molecule has 1 aromatic heterocycles. The molecule has 1 heterocycles. The van der Waals surface area contributed by atoms with E-state index < -0.39 is 0 Å². The number of benzene rings is 1. The first-order chi connectivity index (χ1) is 8.29. The first-order valence-corrected chi connectivity index (χ1v) is 5.29. The highest BCUT2D eigenvalue weighted by molar-refractivity contribution is 5.44. The first-order valence-electron chi connectivity index (χ1n) is 5.29. The number of aromatic hydroxyl groups is 1. The monoisotopic (exact) mass is 230 g/mol. The van der Waals surface area contributed by atoms with Crippen molar-refractivity contribution in [2.24, 2.45) is 0 Å². The lowest BCUT2D eigenvalue weighted by molar-refractivity contribution is 0.373. The summed E-state index contributed by atoms with van der Waals surface area (Å²) in [5.74, 6) is 0.633. The molecule has 2 aromatic rings. The van der Waals surface area contributed by atoms with Crippen molar-refractivity contribution in [2.45, 2.75) is 6.54 Å². The van der Waals surface area contributed by atoms with Crippen LogP contribution in [-0.4, -0.2) is 17.2 Å². The van der Waals surface area contributed by atoms with Crippen LogP contribution in [0.15, 0.2) is 42.7 Å². The Kier molecular flexibility index (Phi) is 3.45. The van der Waals surface area contributed by atoms with Gasteiger partial charge in [-0.2, -0.15) is 0 Å². The molecular formula is C13H14N2O2. The molecule has 0 saturated carbocycles. The minimum absolute atomic E-state index is 0.151. The molecule has 0 amide bonds. The third-order valence-corrected chi connectivity index (χ3v) is 2.40. The lowest BCUT2D eigenvalue weighted by Crippen LogP contribution is -1.99. The molecule has 0 atom stereocenters. The number of nitrogens with one attached hydrogen (secondary N) is 1. The number of hydrogen-bond acceptors (Lipinski definition) is 4. The summed E-state index contributed by atoms with van der Waals surface area (Å²) in [5.41, 5.74) is 1.93. The number of phenols is 1. The lowest BCUT2D eigenvalue weighted by atomic mass is 10.2. The summed E-state index contributed by atoms with van der Waals surface area (Å²) in [6.07, 6.45) is 3.48. The highest BCUT2D eigenvalue weighted by Crippen LogP contribution is 2.26. The van der Waals surface area contributed by atoms with Gasteiger partial charge in [0.1, 0.15) is 0 Å². The summed E-state index contributed by atoms with van der Waals surface area (Å²) in [4.78, 5) is 4.01. The zero-order valence-corrected chi connectivity index (χ0v) is 9.55. The fraction of sp³-hybridized carbons (Fsp3) is 0.154. The maximum absolute atomic E-state index is 9.62. The summed E-state index contributed by atoms with van der Waals surface area (Å²) in [6, 6.07) is 9.14. The van der Waals surface area contributed by atoms with Crippen LogP contribution in [0, 0.1) is 0 Å². The Morgan fingerprint density at radius 2 is 2.24 bits per heavy atom. The number of hydrogen-bond donors (Lipinski definition) is 2. The molecule has 0 radical (unpaired) electrons. The van der Waals surface area contributed by atoms with Gasteiger partial charge >= 0.3 is 0 Å². The van der Waals surface area contributed by atoms with Crippen molar-refractivity contribution in [2.75, 3.05) is 12.4 Å². The molecule has 0 fully saturated rings. The summed E-state index contributed by atoms with van der Waals surface area (Å²) in [5, 5.41) is 12.8. The van der Waals surface area contributed by atoms with E-state index in [-0.39, 0.29) is 5.75 Å². The molecule has 0 aliphatic heterocycles. The van der Waals surface area contributed by atoms with E-state index in [1.807, 2.05) is 18.2 Å². The van der Waals surface area contributed by atoms with Gasteiger partial charge in [0.25, 0.3) is 0 Å². The van der Waals surface area contributed by atoms with Gasteiger partial charge in [-0.3, -0.25) is 4.98 Å². The largest absolute Gasteiger partial charge is 0.504 e. The number of methoxy groups -OCH3 is 1. The maximum atomic E-state index is 9.62. The van der Waals surface area contributed by atoms with Gasteiger partial charge in [-0.1, -0.05) is 6.07 Å². The number of ether oxygens (including phenoxy) is 1. The average Bonchev–Trinajstić information content (AvgIpc) is 2.38. The molecule has 4 heteroatoms. The Morgan fingerprint density at radius 1 is 1.35 bits per heavy atom. The van der Waals surface area contributed by atoms with E-state index in [1.54, 1.807) is 24.5 Å². The summed E-state index contributed by atoms with van der Waals surface area (Å²) < 4.78 is 4.98. The van der Waals surface area contributed by atoms with E-state index in [4.69, 9.17) is 4.74 Å². The predicted octanol–water partition coefficient (Wildman–Crippen LogP) is 2.41. The Balaban J connectivity index is 2.02. The average molecular weight is 230 g/mol. The molecule has 2 N–H and O–H groups in total. The lowest BCUT2D eigenvalue weighted by Gasteiger charge is -2.08. The number of nitrogens with zero attached hydrogens (tertiary/aromatic N) is 1. The molecule has 17 heavy (non-hydrogen) atoms. The first kappa shape index (κ1) is 11.3. The van der Waals surface area contributed by atoms with Gasteiger partial charge in [0, 0.05) is 18.9 Å². The highest BCUT2D eigenvalue weighted by Gasteiger charge is 2.02. The van der Waals surface area contributed by atoms with E-state index in [0.29, 0.717) is 12.3 Å². The van der Waals surface area contributed by atoms with Gasteiger partial charge in [0.05, 0.1) is 12.8 Å². The van der Waals surface area contributed by atoms with Crippen LogP contribution < -0.4 is 10.1 Å². The number of pyridine rings is 1. The van der Waals surface area contributed by atoms with Crippen LogP contribution in [0.4, 0.5) is 5.69 Å². The molecule has 0 bridgehead atoms. The SMILES string of the molecule is COc1ccc(CNc2cccnc2)cc1O. The van der Waals surface area contributed by atoms with Gasteiger partial charge in [0.2, 0.25) is 0 Å². The standard InChI is InChI=1S/C13H14N2O2/c1-17-13-5-4-10(7-12(13)16)8-15-11-3-2-6-14-9-11/h2-7,9,15-16H,8H2,1H3. The molecule has 0 aliphatic carbocycles. The summed E-state index contributed by atoms with van der Waals surface area (Å²) in [7, 11) is 1.53. The van der Waals surface area contributed by atoms with E-state index >= 15 is 0 Å². The molecule has 1 aromatic carbocycles. The van der Waals surface area contributed by atoms with Crippen LogP contribution >= 0.6 is 0 Å². The van der Waals surface area contributed by atoms with Gasteiger partial charge in [-0.15, -0.1) is 0 Å². The fourth-order valence-electron chi connectivity index (χ4n) is 1.52. The Labute approximate surface area is 99.9 Å². The van der Waals surface area contributed by atoms with Gasteiger partial charge in [-0.05, 0) is 29.8 Å². The van der Waals surface area contributed by atoms with E-state index in [9.17, 15) is 5.11 Å². The van der Waals surface area contributed by atoms with Gasteiger partial charge < -0.3 is 15.2 Å². The zero-order chi connectivity index (χ0) is 12.1. The van der Waals surface area contributed by atoms with Crippen molar-refractivity contribution >= 4 is 5.69 Å². The highest BCUT2D eigenvalue weighted by atomic mass is 16.5. The second-order valence-corrected chi connectivity index (χ2v) is 3.60. The Bertz CT molecular complexity index is 486. The number of aromatic nitrogens is 1. The number of phenolic OH excluding ortho intramolecular Hbond substituents is 1.